The van der Waals surface area contributed by atoms with E-state index in [9.17, 15) is 9.90 Å². The second-order valence-electron chi connectivity index (χ2n) is 6.99. The van der Waals surface area contributed by atoms with Crippen LogP contribution in [-0.4, -0.2) is 36.4 Å². The van der Waals surface area contributed by atoms with Gasteiger partial charge in [0, 0.05) is 6.54 Å². The SMILES string of the molecule is CCOc1cc(C)c(Cc2ccc(O)c(C(C)C)c2)c(C)c1.O=CNCCO. The van der Waals surface area contributed by atoms with Gasteiger partial charge in [0.2, 0.25) is 6.41 Å². The Morgan fingerprint density at radius 3 is 2.25 bits per heavy atom. The Morgan fingerprint density at radius 1 is 1.14 bits per heavy atom. The molecule has 0 saturated heterocycles. The highest BCUT2D eigenvalue weighted by atomic mass is 16.5. The number of amides is 1. The number of ether oxygens (including phenoxy) is 1. The van der Waals surface area contributed by atoms with E-state index in [1.807, 2.05) is 19.1 Å². The number of aromatic hydroxyl groups is 1. The highest BCUT2D eigenvalue weighted by molar-refractivity contribution is 5.46. The van der Waals surface area contributed by atoms with Crippen molar-refractivity contribution in [2.24, 2.45) is 0 Å². The molecule has 28 heavy (non-hydrogen) atoms. The van der Waals surface area contributed by atoms with Crippen LogP contribution in [0.2, 0.25) is 0 Å². The molecule has 0 heterocycles. The molecular formula is C23H33NO4. The van der Waals surface area contributed by atoms with E-state index in [0.717, 1.165) is 17.7 Å². The van der Waals surface area contributed by atoms with Crippen LogP contribution < -0.4 is 10.1 Å². The van der Waals surface area contributed by atoms with E-state index in [2.05, 4.69) is 51.2 Å². The Kier molecular flexibility index (Phi) is 10.1. The van der Waals surface area contributed by atoms with Crippen molar-refractivity contribution in [1.82, 2.24) is 5.32 Å². The first-order valence-electron chi connectivity index (χ1n) is 9.66. The van der Waals surface area contributed by atoms with Crippen LogP contribution in [0, 0.1) is 13.8 Å². The number of benzene rings is 2. The number of carbonyl (C=O) groups is 1. The number of hydrogen-bond donors (Lipinski definition) is 3. The fourth-order valence-electron chi connectivity index (χ4n) is 2.99. The summed E-state index contributed by atoms with van der Waals surface area (Å²) in [6.07, 6.45) is 1.43. The number of carbonyl (C=O) groups excluding carboxylic acids is 1. The van der Waals surface area contributed by atoms with Gasteiger partial charge in [0.1, 0.15) is 11.5 Å². The molecule has 1 amide bonds. The first kappa shape index (κ1) is 23.5. The van der Waals surface area contributed by atoms with Crippen LogP contribution >= 0.6 is 0 Å². The van der Waals surface area contributed by atoms with E-state index < -0.39 is 0 Å². The highest BCUT2D eigenvalue weighted by Crippen LogP contribution is 2.29. The summed E-state index contributed by atoms with van der Waals surface area (Å²) in [7, 11) is 0. The fourth-order valence-corrected chi connectivity index (χ4v) is 2.99. The van der Waals surface area contributed by atoms with Crippen LogP contribution in [0.5, 0.6) is 11.5 Å². The summed E-state index contributed by atoms with van der Waals surface area (Å²) < 4.78 is 5.61. The third-order valence-electron chi connectivity index (χ3n) is 4.41. The standard InChI is InChI=1S/C20H26O2.C3H7NO2/c1-6-22-17-9-14(4)19(15(5)10-17)12-16-7-8-20(21)18(11-16)13(2)3;5-2-1-4-3-6/h7-11,13,21H,6,12H2,1-5H3;3,5H,1-2H2,(H,4,6). The van der Waals surface area contributed by atoms with E-state index >= 15 is 0 Å². The number of phenols is 1. The maximum Gasteiger partial charge on any atom is 0.207 e. The molecule has 0 aliphatic carbocycles. The Labute approximate surface area is 168 Å². The number of aryl methyl sites for hydroxylation is 2. The van der Waals surface area contributed by atoms with Gasteiger partial charge in [-0.2, -0.15) is 0 Å². The van der Waals surface area contributed by atoms with Gasteiger partial charge >= 0.3 is 0 Å². The van der Waals surface area contributed by atoms with Gasteiger partial charge < -0.3 is 20.3 Å². The lowest BCUT2D eigenvalue weighted by atomic mass is 9.93. The number of aliphatic hydroxyl groups is 1. The van der Waals surface area contributed by atoms with Crippen LogP contribution in [-0.2, 0) is 11.2 Å². The summed E-state index contributed by atoms with van der Waals surface area (Å²) in [4.78, 5) is 9.34. The molecule has 0 spiro atoms. The molecule has 5 nitrogen and oxygen atoms in total. The summed E-state index contributed by atoms with van der Waals surface area (Å²) in [5.41, 5.74) is 6.09. The minimum absolute atomic E-state index is 0.0126. The molecule has 0 atom stereocenters. The molecule has 3 N–H and O–H groups in total. The maximum absolute atomic E-state index is 9.96. The molecule has 0 unspecified atom stereocenters. The molecule has 0 aliphatic rings. The lowest BCUT2D eigenvalue weighted by Crippen LogP contribution is -2.14. The number of hydrogen-bond acceptors (Lipinski definition) is 4. The maximum atomic E-state index is 9.96. The van der Waals surface area contributed by atoms with Gasteiger partial charge in [-0.15, -0.1) is 0 Å². The zero-order chi connectivity index (χ0) is 21.1. The molecule has 0 aliphatic heterocycles. The van der Waals surface area contributed by atoms with Gasteiger partial charge in [-0.1, -0.05) is 26.0 Å². The molecule has 154 valence electrons. The van der Waals surface area contributed by atoms with Gasteiger partial charge in [-0.05, 0) is 79.1 Å². The van der Waals surface area contributed by atoms with Gasteiger partial charge in [-0.25, -0.2) is 0 Å². The van der Waals surface area contributed by atoms with E-state index in [1.165, 1.54) is 22.3 Å². The summed E-state index contributed by atoms with van der Waals surface area (Å²) in [6, 6.07) is 10.2. The topological polar surface area (TPSA) is 78.8 Å². The zero-order valence-electron chi connectivity index (χ0n) is 17.6. The molecule has 0 aromatic heterocycles. The lowest BCUT2D eigenvalue weighted by Gasteiger charge is -2.15. The first-order valence-corrected chi connectivity index (χ1v) is 9.66. The largest absolute Gasteiger partial charge is 0.508 e. The summed E-state index contributed by atoms with van der Waals surface area (Å²) in [6.45, 7) is 11.5. The van der Waals surface area contributed by atoms with E-state index in [4.69, 9.17) is 9.84 Å². The quantitative estimate of drug-likeness (QED) is 0.475. The Bertz CT molecular complexity index is 733. The van der Waals surface area contributed by atoms with Crippen molar-refractivity contribution in [3.8, 4) is 11.5 Å². The normalized spacial score (nSPS) is 10.2. The predicted molar refractivity (Wildman–Crippen MR) is 113 cm³/mol. The van der Waals surface area contributed by atoms with Crippen LogP contribution in [0.25, 0.3) is 0 Å². The number of phenolic OH excluding ortho intramolecular Hbond substituents is 1. The van der Waals surface area contributed by atoms with Crippen molar-refractivity contribution in [2.45, 2.75) is 47.0 Å². The molecular weight excluding hydrogens is 354 g/mol. The predicted octanol–water partition coefficient (Wildman–Crippen LogP) is 3.85. The van der Waals surface area contributed by atoms with Crippen molar-refractivity contribution in [3.05, 3.63) is 58.1 Å². The summed E-state index contributed by atoms with van der Waals surface area (Å²) in [5.74, 6) is 1.65. The molecule has 0 radical (unpaired) electrons. The van der Waals surface area contributed by atoms with E-state index in [-0.39, 0.29) is 6.61 Å². The fraction of sp³-hybridized carbons (Fsp3) is 0.435. The third-order valence-corrected chi connectivity index (χ3v) is 4.41. The van der Waals surface area contributed by atoms with Crippen LogP contribution in [0.4, 0.5) is 0 Å². The Balaban J connectivity index is 0.000000568. The zero-order valence-corrected chi connectivity index (χ0v) is 17.6. The average molecular weight is 388 g/mol. The first-order chi connectivity index (χ1) is 13.3. The Morgan fingerprint density at radius 2 is 1.79 bits per heavy atom. The van der Waals surface area contributed by atoms with Crippen molar-refractivity contribution < 1.29 is 19.7 Å². The summed E-state index contributed by atoms with van der Waals surface area (Å²) >= 11 is 0. The molecule has 0 saturated carbocycles. The van der Waals surface area contributed by atoms with Gasteiger partial charge in [0.25, 0.3) is 0 Å². The van der Waals surface area contributed by atoms with Crippen LogP contribution in [0.3, 0.4) is 0 Å². The minimum atomic E-state index is 0.0126. The van der Waals surface area contributed by atoms with E-state index in [1.54, 1.807) is 0 Å². The minimum Gasteiger partial charge on any atom is -0.508 e. The van der Waals surface area contributed by atoms with Gasteiger partial charge in [0.15, 0.2) is 0 Å². The monoisotopic (exact) mass is 387 g/mol. The van der Waals surface area contributed by atoms with E-state index in [0.29, 0.717) is 31.2 Å². The number of rotatable bonds is 8. The third kappa shape index (κ3) is 7.24. The second-order valence-corrected chi connectivity index (χ2v) is 6.99. The highest BCUT2D eigenvalue weighted by Gasteiger charge is 2.10. The van der Waals surface area contributed by atoms with Crippen molar-refractivity contribution in [2.75, 3.05) is 19.8 Å². The number of aliphatic hydroxyl groups excluding tert-OH is 1. The molecule has 2 rings (SSSR count). The summed E-state index contributed by atoms with van der Waals surface area (Å²) in [5, 5.41) is 20.2. The van der Waals surface area contributed by atoms with Crippen LogP contribution in [0.15, 0.2) is 30.3 Å². The van der Waals surface area contributed by atoms with Crippen molar-refractivity contribution >= 4 is 6.41 Å². The molecule has 2 aromatic rings. The van der Waals surface area contributed by atoms with Crippen LogP contribution in [0.1, 0.15) is 54.5 Å². The Hall–Kier alpha value is -2.53. The van der Waals surface area contributed by atoms with Crippen molar-refractivity contribution in [3.63, 3.8) is 0 Å². The molecule has 0 fully saturated rings. The average Bonchev–Trinajstić information content (AvgIpc) is 2.65. The van der Waals surface area contributed by atoms with Gasteiger partial charge in [-0.3, -0.25) is 4.79 Å². The second kappa shape index (κ2) is 12.0. The molecule has 2 aromatic carbocycles. The van der Waals surface area contributed by atoms with Gasteiger partial charge in [0.05, 0.1) is 13.2 Å². The smallest absolute Gasteiger partial charge is 0.207 e. The van der Waals surface area contributed by atoms with Crippen molar-refractivity contribution in [1.29, 1.82) is 0 Å². The number of nitrogens with one attached hydrogen (secondary N) is 1. The lowest BCUT2D eigenvalue weighted by molar-refractivity contribution is -0.109. The molecule has 0 bridgehead atoms. The molecule has 5 heteroatoms.